The Labute approximate surface area is 188 Å². The van der Waals surface area contributed by atoms with Gasteiger partial charge in [-0.1, -0.05) is 35.0 Å². The van der Waals surface area contributed by atoms with Gasteiger partial charge in [-0.05, 0) is 37.4 Å². The zero-order valence-corrected chi connectivity index (χ0v) is 18.9. The van der Waals surface area contributed by atoms with E-state index >= 15 is 0 Å². The second-order valence-corrected chi connectivity index (χ2v) is 8.36. The lowest BCUT2D eigenvalue weighted by molar-refractivity contribution is 0.202. The van der Waals surface area contributed by atoms with E-state index in [2.05, 4.69) is 33.0 Å². The molecule has 6 nitrogen and oxygen atoms in total. The summed E-state index contributed by atoms with van der Waals surface area (Å²) in [6.07, 6.45) is 0. The Kier molecular flexibility index (Phi) is 7.12. The van der Waals surface area contributed by atoms with Crippen LogP contribution in [0, 0.1) is 0 Å². The van der Waals surface area contributed by atoms with Crippen molar-refractivity contribution in [2.45, 2.75) is 6.54 Å². The van der Waals surface area contributed by atoms with Crippen molar-refractivity contribution in [2.75, 3.05) is 58.3 Å². The molecule has 0 atom stereocenters. The van der Waals surface area contributed by atoms with Gasteiger partial charge in [0.2, 0.25) is 0 Å². The van der Waals surface area contributed by atoms with Crippen molar-refractivity contribution in [1.29, 1.82) is 0 Å². The maximum absolute atomic E-state index is 6.13. The Morgan fingerprint density at radius 3 is 2.65 bits per heavy atom. The van der Waals surface area contributed by atoms with Gasteiger partial charge in [-0.25, -0.2) is 0 Å². The first-order chi connectivity index (χ1) is 15.1. The second kappa shape index (κ2) is 10.2. The largest absolute Gasteiger partial charge is 0.496 e. The lowest BCUT2D eigenvalue weighted by Gasteiger charge is -2.36. The summed E-state index contributed by atoms with van der Waals surface area (Å²) in [5, 5.41) is 5.03. The molecule has 4 rings (SSSR count). The summed E-state index contributed by atoms with van der Waals surface area (Å²) < 4.78 is 11.0. The molecule has 1 aromatic heterocycles. The number of para-hydroxylation sites is 1. The first-order valence-corrected chi connectivity index (χ1v) is 11.0. The minimum Gasteiger partial charge on any atom is -0.496 e. The third kappa shape index (κ3) is 5.58. The number of benzene rings is 2. The van der Waals surface area contributed by atoms with Crippen LogP contribution in [0.1, 0.15) is 5.76 Å². The van der Waals surface area contributed by atoms with E-state index in [1.807, 2.05) is 48.5 Å². The second-order valence-electron chi connectivity index (χ2n) is 7.93. The van der Waals surface area contributed by atoms with Crippen LogP contribution in [0.3, 0.4) is 0 Å². The predicted octanol–water partition coefficient (Wildman–Crippen LogP) is 4.26. The number of likely N-dealkylation sites (N-methyl/N-ethyl adjacent to an activating group) is 1. The highest BCUT2D eigenvalue weighted by atomic mass is 35.5. The number of hydrogen-bond donors (Lipinski definition) is 0. The van der Waals surface area contributed by atoms with E-state index in [-0.39, 0.29) is 0 Å². The molecule has 0 spiro atoms. The highest BCUT2D eigenvalue weighted by molar-refractivity contribution is 6.30. The van der Waals surface area contributed by atoms with Crippen LogP contribution in [0.4, 0.5) is 5.69 Å². The van der Waals surface area contributed by atoms with E-state index in [1.165, 1.54) is 5.69 Å². The van der Waals surface area contributed by atoms with Crippen LogP contribution in [0.15, 0.2) is 59.1 Å². The molecule has 1 aliphatic heterocycles. The SMILES string of the molecule is COc1ccccc1-c1cc(CN(C)CCN2CCN(c3cccc(Cl)c3)CC2)on1. The molecule has 1 saturated heterocycles. The molecule has 164 valence electrons. The molecule has 0 N–H and O–H groups in total. The van der Waals surface area contributed by atoms with Crippen molar-refractivity contribution in [3.63, 3.8) is 0 Å². The number of halogens is 1. The molecule has 31 heavy (non-hydrogen) atoms. The smallest absolute Gasteiger partial charge is 0.151 e. The molecule has 0 saturated carbocycles. The van der Waals surface area contributed by atoms with E-state index in [1.54, 1.807) is 7.11 Å². The van der Waals surface area contributed by atoms with E-state index in [0.717, 1.165) is 73.6 Å². The van der Waals surface area contributed by atoms with Gasteiger partial charge in [-0.15, -0.1) is 0 Å². The molecular formula is C24H29ClN4O2. The van der Waals surface area contributed by atoms with Crippen LogP contribution in [0.2, 0.25) is 5.02 Å². The molecule has 7 heteroatoms. The lowest BCUT2D eigenvalue weighted by Crippen LogP contribution is -2.48. The Morgan fingerprint density at radius 1 is 1.06 bits per heavy atom. The van der Waals surface area contributed by atoms with Gasteiger partial charge in [0.15, 0.2) is 5.76 Å². The summed E-state index contributed by atoms with van der Waals surface area (Å²) in [6.45, 7) is 6.89. The van der Waals surface area contributed by atoms with Gasteiger partial charge in [0, 0.05) is 61.6 Å². The molecule has 0 bridgehead atoms. The van der Waals surface area contributed by atoms with Crippen LogP contribution >= 0.6 is 11.6 Å². The van der Waals surface area contributed by atoms with Gasteiger partial charge in [-0.2, -0.15) is 0 Å². The Bertz CT molecular complexity index is 985. The minimum absolute atomic E-state index is 0.727. The number of piperazine rings is 1. The van der Waals surface area contributed by atoms with Crippen molar-refractivity contribution in [3.8, 4) is 17.0 Å². The van der Waals surface area contributed by atoms with Gasteiger partial charge in [0.05, 0.1) is 13.7 Å². The molecule has 0 unspecified atom stereocenters. The van der Waals surface area contributed by atoms with Gasteiger partial charge < -0.3 is 14.2 Å². The van der Waals surface area contributed by atoms with E-state index < -0.39 is 0 Å². The summed E-state index contributed by atoms with van der Waals surface area (Å²) >= 11 is 6.13. The molecule has 1 fully saturated rings. The number of anilines is 1. The lowest BCUT2D eigenvalue weighted by atomic mass is 10.1. The fourth-order valence-electron chi connectivity index (χ4n) is 3.93. The van der Waals surface area contributed by atoms with E-state index in [9.17, 15) is 0 Å². The molecule has 2 aromatic carbocycles. The molecule has 3 aromatic rings. The highest BCUT2D eigenvalue weighted by Crippen LogP contribution is 2.29. The molecule has 2 heterocycles. The number of methoxy groups -OCH3 is 1. The number of hydrogen-bond acceptors (Lipinski definition) is 6. The highest BCUT2D eigenvalue weighted by Gasteiger charge is 2.18. The minimum atomic E-state index is 0.727. The topological polar surface area (TPSA) is 45.0 Å². The summed E-state index contributed by atoms with van der Waals surface area (Å²) in [5.41, 5.74) is 2.96. The van der Waals surface area contributed by atoms with Gasteiger partial charge in [0.1, 0.15) is 11.4 Å². The van der Waals surface area contributed by atoms with Crippen molar-refractivity contribution < 1.29 is 9.26 Å². The summed E-state index contributed by atoms with van der Waals surface area (Å²) in [4.78, 5) is 7.19. The van der Waals surface area contributed by atoms with Crippen molar-refractivity contribution in [1.82, 2.24) is 15.0 Å². The average Bonchev–Trinajstić information content (AvgIpc) is 3.26. The maximum atomic E-state index is 6.13. The van der Waals surface area contributed by atoms with Crippen molar-refractivity contribution in [2.24, 2.45) is 0 Å². The quantitative estimate of drug-likeness (QED) is 0.521. The fourth-order valence-corrected chi connectivity index (χ4v) is 4.11. The van der Waals surface area contributed by atoms with Gasteiger partial charge >= 0.3 is 0 Å². The number of nitrogens with zero attached hydrogens (tertiary/aromatic N) is 4. The summed E-state index contributed by atoms with van der Waals surface area (Å²) in [7, 11) is 3.79. The first-order valence-electron chi connectivity index (χ1n) is 10.6. The zero-order valence-electron chi connectivity index (χ0n) is 18.1. The zero-order chi connectivity index (χ0) is 21.6. The fraction of sp³-hybridized carbons (Fsp3) is 0.375. The average molecular weight is 441 g/mol. The normalized spacial score (nSPS) is 14.9. The first kappa shape index (κ1) is 21.7. The molecule has 0 radical (unpaired) electrons. The van der Waals surface area contributed by atoms with Crippen molar-refractivity contribution in [3.05, 3.63) is 65.4 Å². The van der Waals surface area contributed by atoms with Crippen LogP contribution in [-0.2, 0) is 6.54 Å². The van der Waals surface area contributed by atoms with E-state index in [4.69, 9.17) is 20.9 Å². The molecule has 0 aliphatic carbocycles. The van der Waals surface area contributed by atoms with Gasteiger partial charge in [-0.3, -0.25) is 9.80 Å². The predicted molar refractivity (Wildman–Crippen MR) is 125 cm³/mol. The van der Waals surface area contributed by atoms with Gasteiger partial charge in [0.25, 0.3) is 0 Å². The standard InChI is InChI=1S/C24H29ClN4O2/c1-27(18-21-17-23(26-31-21)22-8-3-4-9-24(22)30-2)10-11-28-12-14-29(15-13-28)20-7-5-6-19(25)16-20/h3-9,16-17H,10-15,18H2,1-2H3. The summed E-state index contributed by atoms with van der Waals surface area (Å²) in [5.74, 6) is 1.65. The van der Waals surface area contributed by atoms with Crippen LogP contribution < -0.4 is 9.64 Å². The molecular weight excluding hydrogens is 412 g/mol. The number of ether oxygens (including phenoxy) is 1. The monoisotopic (exact) mass is 440 g/mol. The van der Waals surface area contributed by atoms with Crippen LogP contribution in [0.5, 0.6) is 5.75 Å². The third-order valence-corrected chi connectivity index (χ3v) is 5.95. The van der Waals surface area contributed by atoms with Crippen LogP contribution in [0.25, 0.3) is 11.3 Å². The molecule has 1 aliphatic rings. The maximum Gasteiger partial charge on any atom is 0.151 e. The van der Waals surface area contributed by atoms with Crippen LogP contribution in [-0.4, -0.2) is 68.4 Å². The Morgan fingerprint density at radius 2 is 1.87 bits per heavy atom. The summed E-state index contributed by atoms with van der Waals surface area (Å²) in [6, 6.07) is 18.0. The molecule has 0 amide bonds. The number of rotatable bonds is 8. The Balaban J connectivity index is 1.24. The third-order valence-electron chi connectivity index (χ3n) is 5.71. The number of aromatic nitrogens is 1. The Hall–Kier alpha value is -2.54. The van der Waals surface area contributed by atoms with E-state index in [0.29, 0.717) is 0 Å². The van der Waals surface area contributed by atoms with Crippen molar-refractivity contribution >= 4 is 17.3 Å².